The molecule has 7 heteroatoms. The highest BCUT2D eigenvalue weighted by Crippen LogP contribution is 2.54. The van der Waals surface area contributed by atoms with Crippen molar-refractivity contribution in [2.45, 2.75) is 57.7 Å². The van der Waals surface area contributed by atoms with E-state index >= 15 is 4.39 Å². The van der Waals surface area contributed by atoms with Crippen LogP contribution in [0.3, 0.4) is 0 Å². The van der Waals surface area contributed by atoms with Gasteiger partial charge in [0.1, 0.15) is 23.1 Å². The van der Waals surface area contributed by atoms with Gasteiger partial charge in [0, 0.05) is 23.6 Å². The molecule has 31 heavy (non-hydrogen) atoms. The van der Waals surface area contributed by atoms with Crippen LogP contribution in [0.2, 0.25) is 0 Å². The van der Waals surface area contributed by atoms with Crippen molar-refractivity contribution in [3.05, 3.63) is 59.4 Å². The lowest BCUT2D eigenvalue weighted by Gasteiger charge is -2.30. The quantitative estimate of drug-likeness (QED) is 0.739. The van der Waals surface area contributed by atoms with Crippen LogP contribution in [0, 0.1) is 22.9 Å². The predicted octanol–water partition coefficient (Wildman–Crippen LogP) is 5.04. The van der Waals surface area contributed by atoms with Gasteiger partial charge in [0.2, 0.25) is 0 Å². The van der Waals surface area contributed by atoms with E-state index in [-0.39, 0.29) is 34.6 Å². The molecule has 0 bridgehead atoms. The van der Waals surface area contributed by atoms with E-state index in [0.29, 0.717) is 6.54 Å². The van der Waals surface area contributed by atoms with E-state index in [4.69, 9.17) is 10.5 Å². The second-order valence-electron chi connectivity index (χ2n) is 9.70. The maximum atomic E-state index is 15.4. The molecule has 0 aromatic heterocycles. The SMILES string of the molecule is CC(C)(C)OC(=O)N1CC2(CC2)[C@H](N)[C@@H]1Cc1cc(F)cc(-c2cccc(F)c2)c1F. The van der Waals surface area contributed by atoms with Crippen molar-refractivity contribution in [2.75, 3.05) is 6.54 Å². The molecule has 1 amide bonds. The van der Waals surface area contributed by atoms with Crippen molar-refractivity contribution in [1.82, 2.24) is 4.90 Å². The lowest BCUT2D eigenvalue weighted by molar-refractivity contribution is 0.0215. The molecule has 1 aliphatic heterocycles. The first-order valence-electron chi connectivity index (χ1n) is 10.5. The van der Waals surface area contributed by atoms with E-state index in [2.05, 4.69) is 0 Å². The number of benzene rings is 2. The van der Waals surface area contributed by atoms with Gasteiger partial charge in [0.15, 0.2) is 0 Å². The van der Waals surface area contributed by atoms with Gasteiger partial charge in [-0.15, -0.1) is 0 Å². The predicted molar refractivity (Wildman–Crippen MR) is 112 cm³/mol. The van der Waals surface area contributed by atoms with Crippen LogP contribution < -0.4 is 5.73 Å². The van der Waals surface area contributed by atoms with Crippen LogP contribution in [0.25, 0.3) is 11.1 Å². The molecule has 2 fully saturated rings. The molecule has 2 aromatic carbocycles. The number of hydrogen-bond donors (Lipinski definition) is 1. The number of carbonyl (C=O) groups excluding carboxylic acids is 1. The van der Waals surface area contributed by atoms with Crippen LogP contribution in [0.4, 0.5) is 18.0 Å². The van der Waals surface area contributed by atoms with Gasteiger partial charge in [-0.25, -0.2) is 18.0 Å². The fourth-order valence-electron chi connectivity index (χ4n) is 4.46. The minimum Gasteiger partial charge on any atom is -0.444 e. The molecule has 1 spiro atoms. The Morgan fingerprint density at radius 3 is 2.48 bits per heavy atom. The second kappa shape index (κ2) is 7.55. The third-order valence-corrected chi connectivity index (χ3v) is 6.20. The van der Waals surface area contributed by atoms with Crippen molar-refractivity contribution in [2.24, 2.45) is 11.1 Å². The minimum atomic E-state index is -0.681. The maximum Gasteiger partial charge on any atom is 0.410 e. The van der Waals surface area contributed by atoms with Gasteiger partial charge in [-0.05, 0) is 75.4 Å². The van der Waals surface area contributed by atoms with E-state index in [1.54, 1.807) is 25.7 Å². The summed E-state index contributed by atoms with van der Waals surface area (Å²) in [6.07, 6.45) is 1.33. The standard InChI is InChI=1S/C24H27F3N2O2/c1-23(2,3)31-22(30)29-13-24(7-8-24)21(28)19(29)11-15-10-17(26)12-18(20(15)27)14-5-4-6-16(25)9-14/h4-6,9-10,12,19,21H,7-8,11,13,28H2,1-3H3/t19-,21+/m0/s1. The summed E-state index contributed by atoms with van der Waals surface area (Å²) in [7, 11) is 0. The Morgan fingerprint density at radius 2 is 1.87 bits per heavy atom. The van der Waals surface area contributed by atoms with E-state index in [1.807, 2.05) is 0 Å². The summed E-state index contributed by atoms with van der Waals surface area (Å²) in [6, 6.07) is 6.67. The fraction of sp³-hybridized carbons (Fsp3) is 0.458. The smallest absolute Gasteiger partial charge is 0.410 e. The average molecular weight is 432 g/mol. The Bertz CT molecular complexity index is 1010. The Kier molecular flexibility index (Phi) is 5.28. The van der Waals surface area contributed by atoms with Crippen molar-refractivity contribution in [3.63, 3.8) is 0 Å². The van der Waals surface area contributed by atoms with Crippen molar-refractivity contribution in [1.29, 1.82) is 0 Å². The van der Waals surface area contributed by atoms with Gasteiger partial charge in [0.25, 0.3) is 0 Å². The molecule has 2 atom stereocenters. The number of ether oxygens (including phenoxy) is 1. The number of amides is 1. The summed E-state index contributed by atoms with van der Waals surface area (Å²) in [4.78, 5) is 14.4. The number of nitrogens with two attached hydrogens (primary N) is 1. The van der Waals surface area contributed by atoms with Crippen LogP contribution in [0.1, 0.15) is 39.2 Å². The minimum absolute atomic E-state index is 0.0222. The van der Waals surface area contributed by atoms with E-state index in [9.17, 15) is 13.6 Å². The highest BCUT2D eigenvalue weighted by atomic mass is 19.1. The molecule has 0 unspecified atom stereocenters. The fourth-order valence-corrected chi connectivity index (χ4v) is 4.46. The summed E-state index contributed by atoms with van der Waals surface area (Å²) >= 11 is 0. The molecule has 4 nitrogen and oxygen atoms in total. The molecule has 2 aromatic rings. The first-order chi connectivity index (χ1) is 14.5. The molecule has 2 aliphatic rings. The lowest BCUT2D eigenvalue weighted by atomic mass is 9.91. The monoisotopic (exact) mass is 432 g/mol. The van der Waals surface area contributed by atoms with Crippen molar-refractivity contribution < 1.29 is 22.7 Å². The van der Waals surface area contributed by atoms with Gasteiger partial charge in [-0.3, -0.25) is 0 Å². The molecule has 2 N–H and O–H groups in total. The molecular weight excluding hydrogens is 405 g/mol. The molecule has 1 heterocycles. The molecule has 1 saturated carbocycles. The summed E-state index contributed by atoms with van der Waals surface area (Å²) < 4.78 is 49.0. The Hall–Kier alpha value is -2.54. The Labute approximate surface area is 180 Å². The first kappa shape index (κ1) is 21.7. The summed E-state index contributed by atoms with van der Waals surface area (Å²) in [5.74, 6) is -1.81. The maximum absolute atomic E-state index is 15.4. The van der Waals surface area contributed by atoms with Gasteiger partial charge in [-0.2, -0.15) is 0 Å². The first-order valence-corrected chi connectivity index (χ1v) is 10.5. The average Bonchev–Trinajstić information content (AvgIpc) is 3.40. The molecule has 1 saturated heterocycles. The number of rotatable bonds is 3. The largest absolute Gasteiger partial charge is 0.444 e. The Balaban J connectivity index is 1.67. The normalized spacial score (nSPS) is 22.1. The van der Waals surface area contributed by atoms with Gasteiger partial charge >= 0.3 is 6.09 Å². The second-order valence-corrected chi connectivity index (χ2v) is 9.70. The van der Waals surface area contributed by atoms with E-state index in [1.165, 1.54) is 18.2 Å². The number of likely N-dealkylation sites (tertiary alicyclic amines) is 1. The number of nitrogens with zero attached hydrogens (tertiary/aromatic N) is 1. The zero-order valence-corrected chi connectivity index (χ0v) is 17.9. The van der Waals surface area contributed by atoms with Crippen LogP contribution >= 0.6 is 0 Å². The summed E-state index contributed by atoms with van der Waals surface area (Å²) in [5, 5.41) is 0. The topological polar surface area (TPSA) is 55.6 Å². The van der Waals surface area contributed by atoms with Gasteiger partial charge < -0.3 is 15.4 Å². The van der Waals surface area contributed by atoms with E-state index < -0.39 is 35.2 Å². The molecule has 1 aliphatic carbocycles. The van der Waals surface area contributed by atoms with Crippen molar-refractivity contribution in [3.8, 4) is 11.1 Å². The van der Waals surface area contributed by atoms with E-state index in [0.717, 1.165) is 31.0 Å². The zero-order valence-electron chi connectivity index (χ0n) is 17.9. The summed E-state index contributed by atoms with van der Waals surface area (Å²) in [6.45, 7) is 5.78. The highest BCUT2D eigenvalue weighted by molar-refractivity contribution is 5.70. The van der Waals surface area contributed by atoms with Gasteiger partial charge in [0.05, 0.1) is 6.04 Å². The lowest BCUT2D eigenvalue weighted by Crippen LogP contribution is -2.46. The third kappa shape index (κ3) is 4.28. The highest BCUT2D eigenvalue weighted by Gasteiger charge is 2.59. The number of halogens is 3. The molecule has 4 rings (SSSR count). The third-order valence-electron chi connectivity index (χ3n) is 6.20. The number of hydrogen-bond acceptors (Lipinski definition) is 3. The van der Waals surface area contributed by atoms with Crippen LogP contribution in [-0.2, 0) is 11.2 Å². The molecular formula is C24H27F3N2O2. The number of carbonyl (C=O) groups is 1. The van der Waals surface area contributed by atoms with Crippen LogP contribution in [0.15, 0.2) is 36.4 Å². The Morgan fingerprint density at radius 1 is 1.16 bits per heavy atom. The van der Waals surface area contributed by atoms with Crippen LogP contribution in [0.5, 0.6) is 0 Å². The zero-order chi connectivity index (χ0) is 22.6. The van der Waals surface area contributed by atoms with Gasteiger partial charge in [-0.1, -0.05) is 12.1 Å². The summed E-state index contributed by atoms with van der Waals surface area (Å²) in [5.41, 5.74) is 5.96. The molecule has 0 radical (unpaired) electrons. The molecule has 166 valence electrons. The van der Waals surface area contributed by atoms with Crippen molar-refractivity contribution >= 4 is 6.09 Å². The van der Waals surface area contributed by atoms with Crippen LogP contribution in [-0.4, -0.2) is 35.2 Å².